The van der Waals surface area contributed by atoms with Gasteiger partial charge in [0, 0.05) is 26.2 Å². The molecule has 0 aromatic carbocycles. The van der Waals surface area contributed by atoms with E-state index in [4.69, 9.17) is 10.8 Å². The van der Waals surface area contributed by atoms with Crippen molar-refractivity contribution in [1.82, 2.24) is 9.80 Å². The van der Waals surface area contributed by atoms with Crippen LogP contribution in [0.1, 0.15) is 0 Å². The number of nitrogens with zero attached hydrogens (tertiary/aromatic N) is 2. The fourth-order valence-electron chi connectivity index (χ4n) is 0.985. The molecule has 0 bridgehead atoms. The van der Waals surface area contributed by atoms with Gasteiger partial charge in [-0.1, -0.05) is 0 Å². The van der Waals surface area contributed by atoms with Crippen LogP contribution in [0.15, 0.2) is 0 Å². The van der Waals surface area contributed by atoms with Gasteiger partial charge in [-0.3, -0.25) is 9.69 Å². The quantitative estimate of drug-likeness (QED) is 0.531. The minimum absolute atomic E-state index is 0.0744. The van der Waals surface area contributed by atoms with Crippen LogP contribution < -0.4 is 5.73 Å². The van der Waals surface area contributed by atoms with E-state index in [0.29, 0.717) is 13.1 Å². The number of nitrogens with two attached hydrogens (primary N) is 1. The molecule has 5 heteroatoms. The summed E-state index contributed by atoms with van der Waals surface area (Å²) in [5.41, 5.74) is 5.36. The summed E-state index contributed by atoms with van der Waals surface area (Å²) in [4.78, 5) is 14.3. The van der Waals surface area contributed by atoms with Crippen LogP contribution in [0.25, 0.3) is 0 Å². The van der Waals surface area contributed by atoms with Gasteiger partial charge in [0.05, 0.1) is 6.54 Å². The molecule has 0 fully saturated rings. The Labute approximate surface area is 79.1 Å². The molecule has 78 valence electrons. The molecule has 0 rings (SSSR count). The molecule has 0 unspecified atom stereocenters. The van der Waals surface area contributed by atoms with Crippen LogP contribution in [0.5, 0.6) is 0 Å². The molecule has 0 spiro atoms. The number of hydrogen-bond acceptors (Lipinski definition) is 4. The zero-order valence-electron chi connectivity index (χ0n) is 8.36. The van der Waals surface area contributed by atoms with Gasteiger partial charge in [-0.15, -0.1) is 0 Å². The molecule has 0 aromatic rings. The van der Waals surface area contributed by atoms with Crippen molar-refractivity contribution < 1.29 is 9.90 Å². The summed E-state index contributed by atoms with van der Waals surface area (Å²) in [5.74, 6) is -0.799. The lowest BCUT2D eigenvalue weighted by Gasteiger charge is -2.21. The number of rotatable bonds is 7. The molecule has 0 aliphatic heterocycles. The number of likely N-dealkylation sites (N-methyl/N-ethyl adjacent to an activating group) is 1. The molecule has 0 radical (unpaired) electrons. The molecule has 0 atom stereocenters. The number of hydrogen-bond donors (Lipinski definition) is 2. The van der Waals surface area contributed by atoms with Gasteiger partial charge in [-0.05, 0) is 14.1 Å². The average Bonchev–Trinajstić information content (AvgIpc) is 1.99. The van der Waals surface area contributed by atoms with E-state index in [2.05, 4.69) is 0 Å². The lowest BCUT2D eigenvalue weighted by atomic mass is 10.4. The summed E-state index contributed by atoms with van der Waals surface area (Å²) in [6.45, 7) is 2.82. The van der Waals surface area contributed by atoms with Gasteiger partial charge in [0.1, 0.15) is 0 Å². The minimum atomic E-state index is -0.799. The van der Waals surface area contributed by atoms with Crippen LogP contribution in [-0.4, -0.2) is 67.7 Å². The first-order chi connectivity index (χ1) is 6.06. The van der Waals surface area contributed by atoms with Crippen LogP contribution in [0.3, 0.4) is 0 Å². The Morgan fingerprint density at radius 2 is 1.92 bits per heavy atom. The third-order valence-corrected chi connectivity index (χ3v) is 1.67. The topological polar surface area (TPSA) is 69.8 Å². The first kappa shape index (κ1) is 12.3. The molecule has 0 aromatic heterocycles. The standard InChI is InChI=1S/C8H19N3O2/c1-10(2)5-6-11(4-3-9)7-8(12)13/h3-7,9H2,1-2H3,(H,12,13). The zero-order valence-corrected chi connectivity index (χ0v) is 8.36. The minimum Gasteiger partial charge on any atom is -0.480 e. The van der Waals surface area contributed by atoms with Crippen LogP contribution in [-0.2, 0) is 4.79 Å². The third-order valence-electron chi connectivity index (χ3n) is 1.67. The second-order valence-corrected chi connectivity index (χ2v) is 3.26. The summed E-state index contributed by atoms with van der Waals surface area (Å²) in [6.07, 6.45) is 0. The highest BCUT2D eigenvalue weighted by Gasteiger charge is 2.08. The number of aliphatic carboxylic acids is 1. The highest BCUT2D eigenvalue weighted by molar-refractivity contribution is 5.69. The van der Waals surface area contributed by atoms with E-state index < -0.39 is 5.97 Å². The zero-order chi connectivity index (χ0) is 10.3. The Hall–Kier alpha value is -0.650. The maximum Gasteiger partial charge on any atom is 0.317 e. The predicted octanol–water partition coefficient (Wildman–Crippen LogP) is -1.11. The Balaban J connectivity index is 3.72. The smallest absolute Gasteiger partial charge is 0.317 e. The van der Waals surface area contributed by atoms with Crippen molar-refractivity contribution in [3.8, 4) is 0 Å². The van der Waals surface area contributed by atoms with E-state index in [9.17, 15) is 4.79 Å². The number of carboxylic acid groups (broad SMARTS) is 1. The van der Waals surface area contributed by atoms with Gasteiger partial charge in [-0.25, -0.2) is 0 Å². The lowest BCUT2D eigenvalue weighted by Crippen LogP contribution is -2.38. The average molecular weight is 189 g/mol. The fraction of sp³-hybridized carbons (Fsp3) is 0.875. The van der Waals surface area contributed by atoms with Crippen molar-refractivity contribution in [2.75, 3.05) is 46.8 Å². The molecule has 0 aliphatic rings. The van der Waals surface area contributed by atoms with E-state index in [1.165, 1.54) is 0 Å². The van der Waals surface area contributed by atoms with Crippen LogP contribution >= 0.6 is 0 Å². The monoisotopic (exact) mass is 189 g/mol. The van der Waals surface area contributed by atoms with E-state index >= 15 is 0 Å². The fourth-order valence-corrected chi connectivity index (χ4v) is 0.985. The van der Waals surface area contributed by atoms with Crippen molar-refractivity contribution in [1.29, 1.82) is 0 Å². The molecule has 0 aliphatic carbocycles. The SMILES string of the molecule is CN(C)CCN(CCN)CC(=O)O. The second kappa shape index (κ2) is 6.82. The van der Waals surface area contributed by atoms with Gasteiger partial charge in [0.15, 0.2) is 0 Å². The van der Waals surface area contributed by atoms with Crippen molar-refractivity contribution in [3.63, 3.8) is 0 Å². The van der Waals surface area contributed by atoms with Gasteiger partial charge in [-0.2, -0.15) is 0 Å². The highest BCUT2D eigenvalue weighted by atomic mass is 16.4. The third kappa shape index (κ3) is 7.70. The number of carboxylic acids is 1. The molecule has 13 heavy (non-hydrogen) atoms. The lowest BCUT2D eigenvalue weighted by molar-refractivity contribution is -0.138. The Morgan fingerprint density at radius 1 is 1.31 bits per heavy atom. The van der Waals surface area contributed by atoms with E-state index in [0.717, 1.165) is 13.1 Å². The molecule has 5 nitrogen and oxygen atoms in total. The summed E-state index contributed by atoms with van der Waals surface area (Å²) in [5, 5.41) is 8.58. The second-order valence-electron chi connectivity index (χ2n) is 3.26. The summed E-state index contributed by atoms with van der Waals surface area (Å²) in [7, 11) is 3.92. The summed E-state index contributed by atoms with van der Waals surface area (Å²) >= 11 is 0. The van der Waals surface area contributed by atoms with E-state index in [-0.39, 0.29) is 6.54 Å². The normalized spacial score (nSPS) is 11.2. The van der Waals surface area contributed by atoms with Crippen molar-refractivity contribution in [2.45, 2.75) is 0 Å². The van der Waals surface area contributed by atoms with Crippen molar-refractivity contribution >= 4 is 5.97 Å². The highest BCUT2D eigenvalue weighted by Crippen LogP contribution is 1.87. The first-order valence-electron chi connectivity index (χ1n) is 4.35. The number of carbonyl (C=O) groups is 1. The van der Waals surface area contributed by atoms with Gasteiger partial charge in [0.25, 0.3) is 0 Å². The van der Waals surface area contributed by atoms with Crippen molar-refractivity contribution in [3.05, 3.63) is 0 Å². The molecule has 0 saturated heterocycles. The largest absolute Gasteiger partial charge is 0.480 e. The van der Waals surface area contributed by atoms with Gasteiger partial charge in [0.2, 0.25) is 0 Å². The summed E-state index contributed by atoms with van der Waals surface area (Å²) in [6, 6.07) is 0. The van der Waals surface area contributed by atoms with Crippen LogP contribution in [0.4, 0.5) is 0 Å². The maximum atomic E-state index is 10.4. The summed E-state index contributed by atoms with van der Waals surface area (Å²) < 4.78 is 0. The molecule has 0 saturated carbocycles. The van der Waals surface area contributed by atoms with Gasteiger partial charge < -0.3 is 15.7 Å². The van der Waals surface area contributed by atoms with E-state index in [1.54, 1.807) is 0 Å². The van der Waals surface area contributed by atoms with E-state index in [1.807, 2.05) is 23.9 Å². The van der Waals surface area contributed by atoms with Crippen molar-refractivity contribution in [2.24, 2.45) is 5.73 Å². The molecular weight excluding hydrogens is 170 g/mol. The molecule has 3 N–H and O–H groups in total. The Morgan fingerprint density at radius 3 is 2.31 bits per heavy atom. The maximum absolute atomic E-state index is 10.4. The Kier molecular flexibility index (Phi) is 6.48. The molecule has 0 amide bonds. The molecule has 0 heterocycles. The van der Waals surface area contributed by atoms with Crippen LogP contribution in [0, 0.1) is 0 Å². The first-order valence-corrected chi connectivity index (χ1v) is 4.35. The Bertz CT molecular complexity index is 150. The van der Waals surface area contributed by atoms with Gasteiger partial charge >= 0.3 is 5.97 Å². The predicted molar refractivity (Wildman–Crippen MR) is 51.7 cm³/mol. The molecular formula is C8H19N3O2. The van der Waals surface area contributed by atoms with Crippen LogP contribution in [0.2, 0.25) is 0 Å².